The number of fused-ring (bicyclic) bond motifs is 1. The fourth-order valence-electron chi connectivity index (χ4n) is 3.08. The van der Waals surface area contributed by atoms with Crippen molar-refractivity contribution < 1.29 is 9.59 Å². The summed E-state index contributed by atoms with van der Waals surface area (Å²) in [4.78, 5) is 29.9. The van der Waals surface area contributed by atoms with Gasteiger partial charge in [0, 0.05) is 36.7 Å². The van der Waals surface area contributed by atoms with Crippen LogP contribution in [-0.2, 0) is 11.2 Å². The number of rotatable bonds is 4. The zero-order valence-electron chi connectivity index (χ0n) is 14.5. The summed E-state index contributed by atoms with van der Waals surface area (Å²) >= 11 is 0. The summed E-state index contributed by atoms with van der Waals surface area (Å²) in [5.74, 6) is 0.152. The van der Waals surface area contributed by atoms with Crippen LogP contribution in [-0.4, -0.2) is 23.5 Å². The predicted octanol–water partition coefficient (Wildman–Crippen LogP) is 3.26. The molecule has 1 aliphatic rings. The van der Waals surface area contributed by atoms with Gasteiger partial charge in [0.05, 0.1) is 6.04 Å². The number of benzene rings is 1. The van der Waals surface area contributed by atoms with Gasteiger partial charge in [-0.25, -0.2) is 4.79 Å². The monoisotopic (exact) mass is 338 g/mol. The van der Waals surface area contributed by atoms with Crippen molar-refractivity contribution in [1.82, 2.24) is 10.3 Å². The molecule has 0 unspecified atom stereocenters. The molecule has 6 nitrogen and oxygen atoms in total. The Labute approximate surface area is 147 Å². The number of amides is 3. The highest BCUT2D eigenvalue weighted by molar-refractivity contribution is 5.97. The second kappa shape index (κ2) is 7.34. The van der Waals surface area contributed by atoms with Crippen molar-refractivity contribution in [2.24, 2.45) is 0 Å². The first kappa shape index (κ1) is 17.0. The third-order valence-electron chi connectivity index (χ3n) is 4.41. The van der Waals surface area contributed by atoms with Crippen LogP contribution in [0, 0.1) is 0 Å². The van der Waals surface area contributed by atoms with Gasteiger partial charge in [-0.1, -0.05) is 0 Å². The Morgan fingerprint density at radius 2 is 2.00 bits per heavy atom. The van der Waals surface area contributed by atoms with Crippen molar-refractivity contribution in [2.75, 3.05) is 16.8 Å². The first-order chi connectivity index (χ1) is 12.1. The lowest BCUT2D eigenvalue weighted by Crippen LogP contribution is -2.35. The van der Waals surface area contributed by atoms with Gasteiger partial charge in [-0.05, 0) is 61.7 Å². The van der Waals surface area contributed by atoms with Gasteiger partial charge in [-0.2, -0.15) is 0 Å². The van der Waals surface area contributed by atoms with Crippen LogP contribution in [0.1, 0.15) is 37.4 Å². The van der Waals surface area contributed by atoms with E-state index >= 15 is 0 Å². The van der Waals surface area contributed by atoms with Gasteiger partial charge in [-0.3, -0.25) is 9.78 Å². The third-order valence-corrected chi connectivity index (χ3v) is 4.41. The molecular formula is C19H22N4O2. The minimum absolute atomic E-state index is 0.117. The van der Waals surface area contributed by atoms with Crippen molar-refractivity contribution in [3.63, 3.8) is 0 Å². The summed E-state index contributed by atoms with van der Waals surface area (Å²) in [5, 5.41) is 5.78. The summed E-state index contributed by atoms with van der Waals surface area (Å²) in [6, 6.07) is 9.05. The maximum absolute atomic E-state index is 12.2. The lowest BCUT2D eigenvalue weighted by molar-refractivity contribution is -0.118. The van der Waals surface area contributed by atoms with E-state index in [1.54, 1.807) is 17.3 Å². The number of carbonyl (C=O) groups excluding carboxylic acids is 2. The minimum atomic E-state index is -0.261. The summed E-state index contributed by atoms with van der Waals surface area (Å²) in [6.45, 7) is 4.54. The SMILES string of the molecule is CCN1C(=O)CCc2cc(NC(=O)N[C@H](C)c3ccncc3)ccc21. The standard InChI is InChI=1S/C19H22N4O2/c1-3-23-17-6-5-16(12-15(17)4-7-18(23)24)22-19(25)21-13(2)14-8-10-20-11-9-14/h5-6,8-13H,3-4,7H2,1-2H3,(H2,21,22,25)/t13-/m1/s1. The molecule has 0 bridgehead atoms. The first-order valence-corrected chi connectivity index (χ1v) is 8.49. The van der Waals surface area contributed by atoms with Gasteiger partial charge < -0.3 is 15.5 Å². The smallest absolute Gasteiger partial charge is 0.319 e. The Hall–Kier alpha value is -2.89. The molecule has 130 valence electrons. The van der Waals surface area contributed by atoms with Crippen LogP contribution in [0.25, 0.3) is 0 Å². The Balaban J connectivity index is 1.67. The summed E-state index contributed by atoms with van der Waals surface area (Å²) < 4.78 is 0. The summed E-state index contributed by atoms with van der Waals surface area (Å²) in [6.07, 6.45) is 4.62. The largest absolute Gasteiger partial charge is 0.331 e. The molecule has 3 rings (SSSR count). The highest BCUT2D eigenvalue weighted by Gasteiger charge is 2.23. The number of nitrogens with zero attached hydrogens (tertiary/aromatic N) is 2. The molecule has 0 fully saturated rings. The number of aryl methyl sites for hydroxylation is 1. The highest BCUT2D eigenvalue weighted by Crippen LogP contribution is 2.30. The van der Waals surface area contributed by atoms with E-state index in [0.717, 1.165) is 22.5 Å². The molecule has 2 aromatic rings. The molecule has 3 amide bonds. The fourth-order valence-corrected chi connectivity index (χ4v) is 3.08. The molecule has 2 N–H and O–H groups in total. The lowest BCUT2D eigenvalue weighted by Gasteiger charge is -2.28. The van der Waals surface area contributed by atoms with E-state index in [0.29, 0.717) is 19.4 Å². The zero-order chi connectivity index (χ0) is 17.8. The summed E-state index contributed by atoms with van der Waals surface area (Å²) in [5.41, 5.74) is 3.74. The molecule has 1 aliphatic heterocycles. The average molecular weight is 338 g/mol. The van der Waals surface area contributed by atoms with Crippen LogP contribution in [0.5, 0.6) is 0 Å². The molecule has 0 radical (unpaired) electrons. The number of nitrogens with one attached hydrogen (secondary N) is 2. The Morgan fingerprint density at radius 1 is 1.24 bits per heavy atom. The van der Waals surface area contributed by atoms with E-state index in [1.165, 1.54) is 0 Å². The normalized spacial score (nSPS) is 14.6. The van der Waals surface area contributed by atoms with E-state index in [1.807, 2.05) is 44.2 Å². The second-order valence-corrected chi connectivity index (χ2v) is 6.08. The van der Waals surface area contributed by atoms with Crippen LogP contribution < -0.4 is 15.5 Å². The Morgan fingerprint density at radius 3 is 2.72 bits per heavy atom. The van der Waals surface area contributed by atoms with Gasteiger partial charge in [-0.15, -0.1) is 0 Å². The second-order valence-electron chi connectivity index (χ2n) is 6.08. The highest BCUT2D eigenvalue weighted by atomic mass is 16.2. The predicted molar refractivity (Wildman–Crippen MR) is 97.6 cm³/mol. The molecule has 0 saturated carbocycles. The van der Waals surface area contributed by atoms with E-state index in [2.05, 4.69) is 15.6 Å². The van der Waals surface area contributed by atoms with Gasteiger partial charge in [0.25, 0.3) is 0 Å². The number of urea groups is 1. The molecule has 0 saturated heterocycles. The van der Waals surface area contributed by atoms with Crippen molar-refractivity contribution in [3.05, 3.63) is 53.9 Å². The number of aromatic nitrogens is 1. The van der Waals surface area contributed by atoms with Crippen LogP contribution in [0.3, 0.4) is 0 Å². The summed E-state index contributed by atoms with van der Waals surface area (Å²) in [7, 11) is 0. The number of hydrogen-bond donors (Lipinski definition) is 2. The maximum atomic E-state index is 12.2. The molecule has 1 atom stereocenters. The van der Waals surface area contributed by atoms with Crippen molar-refractivity contribution in [2.45, 2.75) is 32.7 Å². The van der Waals surface area contributed by atoms with Gasteiger partial charge >= 0.3 is 6.03 Å². The molecular weight excluding hydrogens is 316 g/mol. The van der Waals surface area contributed by atoms with Crippen LogP contribution in [0.15, 0.2) is 42.7 Å². The molecule has 1 aromatic heterocycles. The fraction of sp³-hybridized carbons (Fsp3) is 0.316. The Kier molecular flexibility index (Phi) is 4.97. The number of carbonyl (C=O) groups is 2. The van der Waals surface area contributed by atoms with Gasteiger partial charge in [0.15, 0.2) is 0 Å². The van der Waals surface area contributed by atoms with E-state index in [9.17, 15) is 9.59 Å². The van der Waals surface area contributed by atoms with Crippen molar-refractivity contribution in [3.8, 4) is 0 Å². The molecule has 0 aliphatic carbocycles. The Bertz CT molecular complexity index is 776. The number of pyridine rings is 1. The maximum Gasteiger partial charge on any atom is 0.319 e. The quantitative estimate of drug-likeness (QED) is 0.898. The minimum Gasteiger partial charge on any atom is -0.331 e. The van der Waals surface area contributed by atoms with Crippen LogP contribution >= 0.6 is 0 Å². The van der Waals surface area contributed by atoms with Gasteiger partial charge in [0.1, 0.15) is 0 Å². The molecule has 1 aromatic carbocycles. The lowest BCUT2D eigenvalue weighted by atomic mass is 10.0. The van der Waals surface area contributed by atoms with Crippen LogP contribution in [0.2, 0.25) is 0 Å². The molecule has 25 heavy (non-hydrogen) atoms. The van der Waals surface area contributed by atoms with Crippen molar-refractivity contribution >= 4 is 23.3 Å². The topological polar surface area (TPSA) is 74.3 Å². The van der Waals surface area contributed by atoms with Crippen molar-refractivity contribution in [1.29, 1.82) is 0 Å². The molecule has 2 heterocycles. The third kappa shape index (κ3) is 3.79. The molecule has 0 spiro atoms. The average Bonchev–Trinajstić information content (AvgIpc) is 2.62. The van der Waals surface area contributed by atoms with E-state index in [4.69, 9.17) is 0 Å². The van der Waals surface area contributed by atoms with Gasteiger partial charge in [0.2, 0.25) is 5.91 Å². The van der Waals surface area contributed by atoms with Crippen LogP contribution in [0.4, 0.5) is 16.2 Å². The number of hydrogen-bond acceptors (Lipinski definition) is 3. The number of anilines is 2. The zero-order valence-corrected chi connectivity index (χ0v) is 14.5. The molecule has 6 heteroatoms. The first-order valence-electron chi connectivity index (χ1n) is 8.49. The van der Waals surface area contributed by atoms with E-state index in [-0.39, 0.29) is 18.0 Å². The van der Waals surface area contributed by atoms with E-state index < -0.39 is 0 Å².